The van der Waals surface area contributed by atoms with Crippen molar-refractivity contribution in [2.75, 3.05) is 0 Å². The Hall–Kier alpha value is -1.41. The molecule has 98 valence electrons. The van der Waals surface area contributed by atoms with Crippen molar-refractivity contribution in [3.05, 3.63) is 11.8 Å². The summed E-state index contributed by atoms with van der Waals surface area (Å²) in [5, 5.41) is 3.02. The molecule has 0 saturated heterocycles. The maximum absolute atomic E-state index is 12.2. The van der Waals surface area contributed by atoms with Crippen LogP contribution in [0.15, 0.2) is 6.07 Å². The van der Waals surface area contributed by atoms with E-state index in [1.54, 1.807) is 0 Å². The molecule has 0 amide bonds. The lowest BCUT2D eigenvalue weighted by atomic mass is 10.4. The zero-order chi connectivity index (χ0) is 13.4. The summed E-state index contributed by atoms with van der Waals surface area (Å²) in [5.74, 6) is -0.595. The van der Waals surface area contributed by atoms with Crippen LogP contribution in [-0.2, 0) is 13.2 Å². The van der Waals surface area contributed by atoms with Gasteiger partial charge in [-0.05, 0) is 6.92 Å². The van der Waals surface area contributed by atoms with Gasteiger partial charge in [0.1, 0.15) is 0 Å². The molecule has 1 rings (SSSR count). The number of alkyl halides is 6. The second-order valence-corrected chi connectivity index (χ2v) is 3.29. The van der Waals surface area contributed by atoms with Crippen molar-refractivity contribution in [1.29, 1.82) is 0 Å². The first-order valence-electron chi connectivity index (χ1n) is 4.36. The first-order valence-corrected chi connectivity index (χ1v) is 4.36. The molecular weight excluding hydrogens is 254 g/mol. The standard InChI is InChI=1S/C8H8F6N2O/c1-4(7(9,10)11)17-6-3-5(8(12,13)14)15-16(6)2/h3-4H,1-2H3. The van der Waals surface area contributed by atoms with Crippen LogP contribution in [-0.4, -0.2) is 22.1 Å². The van der Waals surface area contributed by atoms with Gasteiger partial charge in [-0.15, -0.1) is 0 Å². The molecule has 0 bridgehead atoms. The average molecular weight is 262 g/mol. The van der Waals surface area contributed by atoms with E-state index < -0.39 is 30.0 Å². The molecule has 1 aromatic rings. The Morgan fingerprint density at radius 3 is 2.12 bits per heavy atom. The second-order valence-electron chi connectivity index (χ2n) is 3.29. The average Bonchev–Trinajstić information content (AvgIpc) is 2.45. The highest BCUT2D eigenvalue weighted by molar-refractivity contribution is 5.18. The molecule has 1 unspecified atom stereocenters. The molecule has 0 aliphatic rings. The number of nitrogens with zero attached hydrogens (tertiary/aromatic N) is 2. The van der Waals surface area contributed by atoms with Crippen LogP contribution in [0.1, 0.15) is 12.6 Å². The summed E-state index contributed by atoms with van der Waals surface area (Å²) in [7, 11) is 1.06. The number of ether oxygens (including phenoxy) is 1. The van der Waals surface area contributed by atoms with Crippen molar-refractivity contribution in [2.45, 2.75) is 25.4 Å². The number of aromatic nitrogens is 2. The van der Waals surface area contributed by atoms with Gasteiger partial charge < -0.3 is 4.74 Å². The third-order valence-corrected chi connectivity index (χ3v) is 1.89. The van der Waals surface area contributed by atoms with Crippen LogP contribution in [0.3, 0.4) is 0 Å². The van der Waals surface area contributed by atoms with Crippen LogP contribution in [0.2, 0.25) is 0 Å². The monoisotopic (exact) mass is 262 g/mol. The molecule has 0 fully saturated rings. The van der Waals surface area contributed by atoms with E-state index in [0.29, 0.717) is 17.7 Å². The lowest BCUT2D eigenvalue weighted by Crippen LogP contribution is -2.31. The predicted molar refractivity (Wildman–Crippen MR) is 44.4 cm³/mol. The maximum atomic E-state index is 12.2. The van der Waals surface area contributed by atoms with Gasteiger partial charge >= 0.3 is 12.4 Å². The number of halogens is 6. The fraction of sp³-hybridized carbons (Fsp3) is 0.625. The van der Waals surface area contributed by atoms with Crippen LogP contribution in [0, 0.1) is 0 Å². The van der Waals surface area contributed by atoms with Crippen LogP contribution in [0.4, 0.5) is 26.3 Å². The van der Waals surface area contributed by atoms with Crippen molar-refractivity contribution in [3.8, 4) is 5.88 Å². The van der Waals surface area contributed by atoms with E-state index in [1.807, 2.05) is 0 Å². The molecule has 1 heterocycles. The summed E-state index contributed by atoms with van der Waals surface area (Å²) in [6.07, 6.45) is -11.6. The molecule has 0 spiro atoms. The van der Waals surface area contributed by atoms with Gasteiger partial charge in [0.15, 0.2) is 11.8 Å². The molecule has 0 saturated carbocycles. The van der Waals surface area contributed by atoms with E-state index >= 15 is 0 Å². The minimum absolute atomic E-state index is 0.419. The third kappa shape index (κ3) is 3.27. The Balaban J connectivity index is 2.90. The SMILES string of the molecule is CC(Oc1cc(C(F)(F)F)nn1C)C(F)(F)F. The number of rotatable bonds is 2. The molecule has 1 atom stereocenters. The summed E-state index contributed by atoms with van der Waals surface area (Å²) in [6.45, 7) is 0.695. The van der Waals surface area contributed by atoms with Gasteiger partial charge in [-0.2, -0.15) is 31.4 Å². The van der Waals surface area contributed by atoms with Crippen LogP contribution < -0.4 is 4.74 Å². The third-order valence-electron chi connectivity index (χ3n) is 1.89. The molecule has 0 radical (unpaired) electrons. The van der Waals surface area contributed by atoms with Gasteiger partial charge in [0.25, 0.3) is 0 Å². The smallest absolute Gasteiger partial charge is 0.435 e. The van der Waals surface area contributed by atoms with E-state index in [1.165, 1.54) is 0 Å². The summed E-state index contributed by atoms with van der Waals surface area (Å²) in [4.78, 5) is 0. The normalized spacial score (nSPS) is 14.8. The lowest BCUT2D eigenvalue weighted by Gasteiger charge is -2.16. The lowest BCUT2D eigenvalue weighted by molar-refractivity contribution is -0.190. The molecule has 3 nitrogen and oxygen atoms in total. The number of hydrogen-bond acceptors (Lipinski definition) is 2. The highest BCUT2D eigenvalue weighted by Crippen LogP contribution is 2.32. The van der Waals surface area contributed by atoms with E-state index in [2.05, 4.69) is 9.84 Å². The van der Waals surface area contributed by atoms with Gasteiger partial charge in [-0.1, -0.05) is 0 Å². The number of hydrogen-bond donors (Lipinski definition) is 0. The van der Waals surface area contributed by atoms with Crippen molar-refractivity contribution in [1.82, 2.24) is 9.78 Å². The first-order chi connectivity index (χ1) is 7.51. The highest BCUT2D eigenvalue weighted by Gasteiger charge is 2.40. The number of aryl methyl sites for hydroxylation is 1. The fourth-order valence-corrected chi connectivity index (χ4v) is 0.947. The Kier molecular flexibility index (Phi) is 3.30. The fourth-order valence-electron chi connectivity index (χ4n) is 0.947. The van der Waals surface area contributed by atoms with Gasteiger partial charge in [0, 0.05) is 13.1 Å². The summed E-state index contributed by atoms with van der Waals surface area (Å²) >= 11 is 0. The molecule has 0 aliphatic heterocycles. The van der Waals surface area contributed by atoms with E-state index in [0.717, 1.165) is 7.05 Å². The zero-order valence-electron chi connectivity index (χ0n) is 8.73. The minimum atomic E-state index is -4.72. The Bertz CT molecular complexity index is 394. The Morgan fingerprint density at radius 2 is 1.76 bits per heavy atom. The van der Waals surface area contributed by atoms with E-state index in [4.69, 9.17) is 0 Å². The Morgan fingerprint density at radius 1 is 1.24 bits per heavy atom. The van der Waals surface area contributed by atoms with E-state index in [9.17, 15) is 26.3 Å². The van der Waals surface area contributed by atoms with Crippen LogP contribution in [0.25, 0.3) is 0 Å². The van der Waals surface area contributed by atoms with Gasteiger partial charge in [-0.3, -0.25) is 0 Å². The molecular formula is C8H8F6N2O. The highest BCUT2D eigenvalue weighted by atomic mass is 19.4. The van der Waals surface area contributed by atoms with Crippen molar-refractivity contribution < 1.29 is 31.1 Å². The molecule has 9 heteroatoms. The van der Waals surface area contributed by atoms with Gasteiger partial charge in [0.2, 0.25) is 5.88 Å². The summed E-state index contributed by atoms with van der Waals surface area (Å²) in [6, 6.07) is 0.419. The summed E-state index contributed by atoms with van der Waals surface area (Å²) in [5.41, 5.74) is -1.30. The quantitative estimate of drug-likeness (QED) is 0.766. The summed E-state index contributed by atoms with van der Waals surface area (Å²) < 4.78 is 78.0. The topological polar surface area (TPSA) is 27.1 Å². The largest absolute Gasteiger partial charge is 0.465 e. The van der Waals surface area contributed by atoms with Crippen LogP contribution >= 0.6 is 0 Å². The first kappa shape index (κ1) is 13.7. The molecule has 0 N–H and O–H groups in total. The molecule has 0 aliphatic carbocycles. The van der Waals surface area contributed by atoms with E-state index in [-0.39, 0.29) is 0 Å². The predicted octanol–water partition coefficient (Wildman–Crippen LogP) is 2.77. The van der Waals surface area contributed by atoms with Crippen molar-refractivity contribution in [2.24, 2.45) is 7.05 Å². The Labute approximate surface area is 92.0 Å². The van der Waals surface area contributed by atoms with Crippen molar-refractivity contribution in [3.63, 3.8) is 0 Å². The second kappa shape index (κ2) is 4.11. The van der Waals surface area contributed by atoms with Gasteiger partial charge in [-0.25, -0.2) is 4.68 Å². The van der Waals surface area contributed by atoms with Gasteiger partial charge in [0.05, 0.1) is 0 Å². The molecule has 1 aromatic heterocycles. The molecule has 17 heavy (non-hydrogen) atoms. The molecule has 0 aromatic carbocycles. The van der Waals surface area contributed by atoms with Crippen LogP contribution in [0.5, 0.6) is 5.88 Å². The van der Waals surface area contributed by atoms with Crippen molar-refractivity contribution >= 4 is 0 Å². The zero-order valence-corrected chi connectivity index (χ0v) is 8.73. The minimum Gasteiger partial charge on any atom is -0.465 e. The maximum Gasteiger partial charge on any atom is 0.435 e.